The van der Waals surface area contributed by atoms with E-state index < -0.39 is 0 Å². The Labute approximate surface area is 143 Å². The third kappa shape index (κ3) is 5.78. The fraction of sp³-hybridized carbons (Fsp3) is 0.824. The first-order valence-corrected chi connectivity index (χ1v) is 8.92. The Morgan fingerprint density at radius 2 is 1.96 bits per heavy atom. The van der Waals surface area contributed by atoms with Crippen molar-refractivity contribution in [2.45, 2.75) is 64.0 Å². The first-order valence-electron chi connectivity index (χ1n) is 8.92. The molecule has 1 saturated carbocycles. The number of amides is 2. The third-order valence-electron chi connectivity index (χ3n) is 4.54. The molecular formula is C17H28N2O5. The van der Waals surface area contributed by atoms with Crippen molar-refractivity contribution in [2.75, 3.05) is 26.4 Å². The Morgan fingerprint density at radius 3 is 2.67 bits per heavy atom. The fourth-order valence-corrected chi connectivity index (χ4v) is 3.30. The second-order valence-electron chi connectivity index (χ2n) is 6.37. The Kier molecular flexibility index (Phi) is 7.49. The molecule has 24 heavy (non-hydrogen) atoms. The van der Waals surface area contributed by atoms with Gasteiger partial charge in [0.25, 0.3) is 0 Å². The molecule has 136 valence electrons. The lowest BCUT2D eigenvalue weighted by Gasteiger charge is -2.35. The number of hydrogen-bond donors (Lipinski definition) is 1. The van der Waals surface area contributed by atoms with Crippen LogP contribution in [0.25, 0.3) is 0 Å². The van der Waals surface area contributed by atoms with Crippen molar-refractivity contribution < 1.29 is 23.9 Å². The topological polar surface area (TPSA) is 84.9 Å². The van der Waals surface area contributed by atoms with Crippen LogP contribution < -0.4 is 5.32 Å². The van der Waals surface area contributed by atoms with Crippen LogP contribution in [0, 0.1) is 0 Å². The summed E-state index contributed by atoms with van der Waals surface area (Å²) >= 11 is 0. The highest BCUT2D eigenvalue weighted by Gasteiger charge is 2.29. The fourth-order valence-electron chi connectivity index (χ4n) is 3.30. The van der Waals surface area contributed by atoms with E-state index in [9.17, 15) is 14.4 Å². The number of nitrogens with zero attached hydrogens (tertiary/aromatic N) is 1. The summed E-state index contributed by atoms with van der Waals surface area (Å²) < 4.78 is 10.3. The molecular weight excluding hydrogens is 312 g/mol. The molecule has 0 radical (unpaired) electrons. The zero-order valence-electron chi connectivity index (χ0n) is 14.4. The van der Waals surface area contributed by atoms with E-state index in [0.29, 0.717) is 26.4 Å². The summed E-state index contributed by atoms with van der Waals surface area (Å²) in [7, 11) is 0. The van der Waals surface area contributed by atoms with E-state index in [-0.39, 0.29) is 49.1 Å². The Balaban J connectivity index is 1.77. The highest BCUT2D eigenvalue weighted by molar-refractivity contribution is 5.84. The van der Waals surface area contributed by atoms with Crippen molar-refractivity contribution in [1.29, 1.82) is 0 Å². The number of nitrogens with one attached hydrogen (secondary N) is 1. The molecule has 2 rings (SSSR count). The normalized spacial score (nSPS) is 21.5. The number of esters is 1. The molecule has 1 atom stereocenters. The Bertz CT molecular complexity index is 448. The Morgan fingerprint density at radius 1 is 1.21 bits per heavy atom. The molecule has 0 spiro atoms. The average Bonchev–Trinajstić information content (AvgIpc) is 3.06. The van der Waals surface area contributed by atoms with Gasteiger partial charge in [0.1, 0.15) is 0 Å². The maximum atomic E-state index is 12.4. The molecule has 2 amide bonds. The van der Waals surface area contributed by atoms with Crippen LogP contribution in [0.15, 0.2) is 0 Å². The largest absolute Gasteiger partial charge is 0.466 e. The van der Waals surface area contributed by atoms with Crippen LogP contribution >= 0.6 is 0 Å². The van der Waals surface area contributed by atoms with Crippen molar-refractivity contribution in [1.82, 2.24) is 10.2 Å². The van der Waals surface area contributed by atoms with Crippen molar-refractivity contribution >= 4 is 17.8 Å². The van der Waals surface area contributed by atoms with Gasteiger partial charge in [0, 0.05) is 25.4 Å². The molecule has 0 aromatic heterocycles. The molecule has 7 heteroatoms. The zero-order valence-corrected chi connectivity index (χ0v) is 14.4. The highest BCUT2D eigenvalue weighted by atomic mass is 16.5. The van der Waals surface area contributed by atoms with Gasteiger partial charge in [-0.2, -0.15) is 0 Å². The third-order valence-corrected chi connectivity index (χ3v) is 4.54. The van der Waals surface area contributed by atoms with Gasteiger partial charge in [-0.25, -0.2) is 0 Å². The number of morpholine rings is 1. The maximum Gasteiger partial charge on any atom is 0.307 e. The number of hydrogen-bond acceptors (Lipinski definition) is 5. The molecule has 1 N–H and O–H groups in total. The van der Waals surface area contributed by atoms with Gasteiger partial charge in [-0.1, -0.05) is 12.8 Å². The molecule has 1 saturated heterocycles. The summed E-state index contributed by atoms with van der Waals surface area (Å²) in [5.74, 6) is -0.496. The van der Waals surface area contributed by atoms with E-state index in [0.717, 1.165) is 25.7 Å². The van der Waals surface area contributed by atoms with Crippen molar-refractivity contribution in [3.63, 3.8) is 0 Å². The SMILES string of the molecule is CCOC(=O)C[C@@H]1COCCN1C(=O)CCC(=O)NC1CCCC1. The van der Waals surface area contributed by atoms with Gasteiger partial charge < -0.3 is 19.7 Å². The van der Waals surface area contributed by atoms with E-state index in [2.05, 4.69) is 5.32 Å². The lowest BCUT2D eigenvalue weighted by atomic mass is 10.1. The first-order chi connectivity index (χ1) is 11.6. The minimum absolute atomic E-state index is 0.0644. The van der Waals surface area contributed by atoms with Crippen molar-refractivity contribution in [3.05, 3.63) is 0 Å². The van der Waals surface area contributed by atoms with Crippen LogP contribution in [0.4, 0.5) is 0 Å². The van der Waals surface area contributed by atoms with Crippen LogP contribution in [-0.2, 0) is 23.9 Å². The molecule has 0 bridgehead atoms. The molecule has 7 nitrogen and oxygen atoms in total. The van der Waals surface area contributed by atoms with Crippen LogP contribution in [0.2, 0.25) is 0 Å². The maximum absolute atomic E-state index is 12.4. The molecule has 2 aliphatic rings. The average molecular weight is 340 g/mol. The monoisotopic (exact) mass is 340 g/mol. The van der Waals surface area contributed by atoms with Gasteiger partial charge >= 0.3 is 5.97 Å². The molecule has 2 fully saturated rings. The number of carbonyl (C=O) groups is 3. The molecule has 1 aliphatic heterocycles. The lowest BCUT2D eigenvalue weighted by Crippen LogP contribution is -2.50. The minimum atomic E-state index is -0.329. The second-order valence-corrected chi connectivity index (χ2v) is 6.37. The lowest BCUT2D eigenvalue weighted by molar-refractivity contribution is -0.150. The quantitative estimate of drug-likeness (QED) is 0.699. The van der Waals surface area contributed by atoms with Crippen LogP contribution in [-0.4, -0.2) is 61.1 Å². The van der Waals surface area contributed by atoms with E-state index in [1.54, 1.807) is 11.8 Å². The predicted molar refractivity (Wildman–Crippen MR) is 87.2 cm³/mol. The number of rotatable bonds is 7. The predicted octanol–water partition coefficient (Wildman–Crippen LogP) is 1.01. The van der Waals surface area contributed by atoms with Gasteiger partial charge in [0.2, 0.25) is 11.8 Å². The number of ether oxygens (including phenoxy) is 2. The van der Waals surface area contributed by atoms with E-state index in [1.165, 1.54) is 0 Å². The van der Waals surface area contributed by atoms with Gasteiger partial charge in [0.15, 0.2) is 0 Å². The molecule has 1 aliphatic carbocycles. The summed E-state index contributed by atoms with van der Waals surface area (Å²) in [5, 5.41) is 2.99. The van der Waals surface area contributed by atoms with E-state index in [4.69, 9.17) is 9.47 Å². The summed E-state index contributed by atoms with van der Waals surface area (Å²) in [6.45, 7) is 3.31. The molecule has 0 aromatic rings. The van der Waals surface area contributed by atoms with Gasteiger partial charge in [-0.15, -0.1) is 0 Å². The van der Waals surface area contributed by atoms with E-state index in [1.807, 2.05) is 0 Å². The summed E-state index contributed by atoms with van der Waals surface area (Å²) in [6, 6.07) is -0.0317. The standard InChI is InChI=1S/C17H28N2O5/c1-2-24-17(22)11-14-12-23-10-9-19(14)16(21)8-7-15(20)18-13-5-3-4-6-13/h13-14H,2-12H2,1H3,(H,18,20)/t14-/m1/s1. The minimum Gasteiger partial charge on any atom is -0.466 e. The molecule has 1 heterocycles. The summed E-state index contributed by atoms with van der Waals surface area (Å²) in [6.07, 6.45) is 4.88. The Hall–Kier alpha value is -1.63. The molecule has 0 unspecified atom stereocenters. The summed E-state index contributed by atoms with van der Waals surface area (Å²) in [4.78, 5) is 37.7. The van der Waals surface area contributed by atoms with Crippen LogP contribution in [0.3, 0.4) is 0 Å². The highest BCUT2D eigenvalue weighted by Crippen LogP contribution is 2.18. The second kappa shape index (κ2) is 9.61. The van der Waals surface area contributed by atoms with Crippen LogP contribution in [0.5, 0.6) is 0 Å². The summed E-state index contributed by atoms with van der Waals surface area (Å²) in [5.41, 5.74) is 0. The van der Waals surface area contributed by atoms with Crippen LogP contribution in [0.1, 0.15) is 51.9 Å². The van der Waals surface area contributed by atoms with E-state index >= 15 is 0 Å². The molecule has 0 aromatic carbocycles. The van der Waals surface area contributed by atoms with Crippen molar-refractivity contribution in [2.24, 2.45) is 0 Å². The van der Waals surface area contributed by atoms with Gasteiger partial charge in [-0.05, 0) is 19.8 Å². The first kappa shape index (κ1) is 18.7. The van der Waals surface area contributed by atoms with Crippen molar-refractivity contribution in [3.8, 4) is 0 Å². The van der Waals surface area contributed by atoms with Gasteiger partial charge in [-0.3, -0.25) is 14.4 Å². The van der Waals surface area contributed by atoms with Gasteiger partial charge in [0.05, 0.1) is 32.3 Å². The number of carbonyl (C=O) groups excluding carboxylic acids is 3. The smallest absolute Gasteiger partial charge is 0.307 e. The zero-order chi connectivity index (χ0) is 17.4.